The Labute approximate surface area is 100 Å². The summed E-state index contributed by atoms with van der Waals surface area (Å²) in [6.45, 7) is 11.7. The summed E-state index contributed by atoms with van der Waals surface area (Å²) in [5.41, 5.74) is 0. The van der Waals surface area contributed by atoms with Crippen molar-refractivity contribution in [2.24, 2.45) is 0 Å². The third kappa shape index (κ3) is 4.12. The molecule has 0 saturated carbocycles. The first-order valence-electron chi connectivity index (χ1n) is 6.70. The first kappa shape index (κ1) is 13.5. The van der Waals surface area contributed by atoms with E-state index in [2.05, 4.69) is 30.2 Å². The van der Waals surface area contributed by atoms with Crippen molar-refractivity contribution in [1.29, 1.82) is 0 Å². The summed E-state index contributed by atoms with van der Waals surface area (Å²) >= 11 is 0. The van der Waals surface area contributed by atoms with Crippen LogP contribution < -0.4 is 0 Å². The van der Waals surface area contributed by atoms with Crippen LogP contribution in [-0.4, -0.2) is 48.3 Å². The predicted molar refractivity (Wildman–Crippen MR) is 68.0 cm³/mol. The van der Waals surface area contributed by atoms with E-state index >= 15 is 0 Å². The van der Waals surface area contributed by atoms with E-state index in [4.69, 9.17) is 4.74 Å². The van der Waals surface area contributed by atoms with Gasteiger partial charge in [0.15, 0.2) is 6.73 Å². The van der Waals surface area contributed by atoms with Crippen LogP contribution in [0.4, 0.5) is 0 Å². The van der Waals surface area contributed by atoms with E-state index in [1.165, 1.54) is 31.5 Å². The Morgan fingerprint density at radius 1 is 1.25 bits per heavy atom. The average Bonchev–Trinajstić information content (AvgIpc) is 2.65. The van der Waals surface area contributed by atoms with Crippen molar-refractivity contribution in [3.63, 3.8) is 0 Å². The minimum atomic E-state index is 0.772. The third-order valence-corrected chi connectivity index (χ3v) is 3.33. The Balaban J connectivity index is 2.11. The van der Waals surface area contributed by atoms with E-state index < -0.39 is 0 Å². The monoisotopic (exact) mass is 227 g/mol. The van der Waals surface area contributed by atoms with E-state index in [0.717, 1.165) is 33.0 Å². The molecule has 1 heterocycles. The zero-order chi connectivity index (χ0) is 11.8. The standard InChI is InChI=1S/C13H27N2O/c1-4-6-7-8-11-16-12-15-10-9-14(5-2)13(15)3/h4-12H2,1-3H3/q+1. The van der Waals surface area contributed by atoms with Crippen LogP contribution in [0, 0.1) is 0 Å². The highest BCUT2D eigenvalue weighted by molar-refractivity contribution is 5.75. The van der Waals surface area contributed by atoms with E-state index in [1.807, 2.05) is 0 Å². The molecule has 94 valence electrons. The van der Waals surface area contributed by atoms with E-state index in [1.54, 1.807) is 0 Å². The van der Waals surface area contributed by atoms with Crippen LogP contribution in [0.1, 0.15) is 46.5 Å². The molecule has 0 bridgehead atoms. The molecule has 0 unspecified atom stereocenters. The lowest BCUT2D eigenvalue weighted by atomic mass is 10.2. The summed E-state index contributed by atoms with van der Waals surface area (Å²) in [6, 6.07) is 0. The van der Waals surface area contributed by atoms with Crippen molar-refractivity contribution >= 4 is 5.84 Å². The summed E-state index contributed by atoms with van der Waals surface area (Å²) in [5.74, 6) is 1.37. The maximum atomic E-state index is 5.71. The highest BCUT2D eigenvalue weighted by Crippen LogP contribution is 2.02. The Morgan fingerprint density at radius 3 is 2.69 bits per heavy atom. The molecule has 0 atom stereocenters. The fraction of sp³-hybridized carbons (Fsp3) is 0.923. The highest BCUT2D eigenvalue weighted by atomic mass is 16.5. The number of amidine groups is 1. The molecule has 0 radical (unpaired) electrons. The predicted octanol–water partition coefficient (Wildman–Crippen LogP) is 2.31. The van der Waals surface area contributed by atoms with Gasteiger partial charge in [-0.1, -0.05) is 26.2 Å². The molecule has 0 aromatic heterocycles. The number of rotatable bonds is 8. The molecular weight excluding hydrogens is 200 g/mol. The summed E-state index contributed by atoms with van der Waals surface area (Å²) in [5, 5.41) is 0. The van der Waals surface area contributed by atoms with Crippen molar-refractivity contribution in [2.75, 3.05) is 33.0 Å². The summed E-state index contributed by atoms with van der Waals surface area (Å²) < 4.78 is 8.04. The van der Waals surface area contributed by atoms with E-state index in [-0.39, 0.29) is 0 Å². The molecule has 0 aliphatic carbocycles. The maximum Gasteiger partial charge on any atom is 0.245 e. The lowest BCUT2D eigenvalue weighted by Gasteiger charge is -2.07. The summed E-state index contributed by atoms with van der Waals surface area (Å²) in [6.07, 6.45) is 5.14. The molecule has 0 spiro atoms. The van der Waals surface area contributed by atoms with Gasteiger partial charge in [0.2, 0.25) is 5.84 Å². The van der Waals surface area contributed by atoms with Gasteiger partial charge in [-0.25, -0.2) is 4.58 Å². The Hall–Kier alpha value is -0.570. The van der Waals surface area contributed by atoms with Gasteiger partial charge in [-0.2, -0.15) is 0 Å². The molecule has 0 fully saturated rings. The van der Waals surface area contributed by atoms with Crippen LogP contribution >= 0.6 is 0 Å². The van der Waals surface area contributed by atoms with E-state index in [9.17, 15) is 0 Å². The molecular formula is C13H27N2O+. The molecule has 0 amide bonds. The Morgan fingerprint density at radius 2 is 2.06 bits per heavy atom. The van der Waals surface area contributed by atoms with Crippen LogP contribution in [0.3, 0.4) is 0 Å². The van der Waals surface area contributed by atoms with Crippen LogP contribution in [0.25, 0.3) is 0 Å². The Bertz CT molecular complexity index is 226. The third-order valence-electron chi connectivity index (χ3n) is 3.33. The summed E-state index contributed by atoms with van der Waals surface area (Å²) in [4.78, 5) is 2.40. The second-order valence-electron chi connectivity index (χ2n) is 4.49. The molecule has 3 nitrogen and oxygen atoms in total. The number of hydrogen-bond donors (Lipinski definition) is 0. The summed E-state index contributed by atoms with van der Waals surface area (Å²) in [7, 11) is 0. The zero-order valence-corrected chi connectivity index (χ0v) is 11.2. The molecule has 1 aliphatic rings. The fourth-order valence-electron chi connectivity index (χ4n) is 2.12. The second-order valence-corrected chi connectivity index (χ2v) is 4.49. The van der Waals surface area contributed by atoms with Gasteiger partial charge >= 0.3 is 0 Å². The molecule has 0 N–H and O–H groups in total. The van der Waals surface area contributed by atoms with Gasteiger partial charge in [-0.15, -0.1) is 0 Å². The number of ether oxygens (including phenoxy) is 1. The molecule has 16 heavy (non-hydrogen) atoms. The quantitative estimate of drug-likeness (QED) is 0.467. The van der Waals surface area contributed by atoms with Gasteiger partial charge < -0.3 is 4.74 Å². The number of hydrogen-bond acceptors (Lipinski definition) is 2. The molecule has 0 aromatic rings. The molecule has 0 saturated heterocycles. The van der Waals surface area contributed by atoms with Crippen molar-refractivity contribution in [1.82, 2.24) is 4.90 Å². The second kappa shape index (κ2) is 7.66. The topological polar surface area (TPSA) is 15.5 Å². The minimum Gasteiger partial charge on any atom is -0.342 e. The van der Waals surface area contributed by atoms with Crippen LogP contribution in [0.2, 0.25) is 0 Å². The average molecular weight is 227 g/mol. The zero-order valence-electron chi connectivity index (χ0n) is 11.2. The van der Waals surface area contributed by atoms with Gasteiger partial charge in [-0.05, 0) is 13.3 Å². The van der Waals surface area contributed by atoms with Gasteiger partial charge in [-0.3, -0.25) is 4.90 Å². The van der Waals surface area contributed by atoms with Crippen molar-refractivity contribution in [2.45, 2.75) is 46.5 Å². The molecule has 3 heteroatoms. The molecule has 1 rings (SSSR count). The molecule has 1 aliphatic heterocycles. The van der Waals surface area contributed by atoms with E-state index in [0.29, 0.717) is 0 Å². The normalized spacial score (nSPS) is 16.3. The number of unbranched alkanes of at least 4 members (excludes halogenated alkanes) is 3. The van der Waals surface area contributed by atoms with Crippen LogP contribution in [0.5, 0.6) is 0 Å². The van der Waals surface area contributed by atoms with Gasteiger partial charge in [0.25, 0.3) is 0 Å². The maximum absolute atomic E-state index is 5.71. The first-order valence-corrected chi connectivity index (χ1v) is 6.70. The minimum absolute atomic E-state index is 0.772. The number of likely N-dealkylation sites (N-methyl/N-ethyl adjacent to an activating group) is 1. The van der Waals surface area contributed by atoms with Gasteiger partial charge in [0.05, 0.1) is 13.2 Å². The van der Waals surface area contributed by atoms with Crippen molar-refractivity contribution in [3.8, 4) is 0 Å². The largest absolute Gasteiger partial charge is 0.342 e. The first-order chi connectivity index (χ1) is 7.79. The molecule has 0 aromatic carbocycles. The fourth-order valence-corrected chi connectivity index (χ4v) is 2.12. The van der Waals surface area contributed by atoms with Gasteiger partial charge in [0.1, 0.15) is 13.1 Å². The lowest BCUT2D eigenvalue weighted by Crippen LogP contribution is -2.27. The van der Waals surface area contributed by atoms with Crippen molar-refractivity contribution in [3.05, 3.63) is 0 Å². The van der Waals surface area contributed by atoms with Crippen LogP contribution in [-0.2, 0) is 4.74 Å². The smallest absolute Gasteiger partial charge is 0.245 e. The highest BCUT2D eigenvalue weighted by Gasteiger charge is 2.24. The van der Waals surface area contributed by atoms with Crippen LogP contribution in [0.15, 0.2) is 0 Å². The van der Waals surface area contributed by atoms with Gasteiger partial charge in [0, 0.05) is 6.92 Å². The van der Waals surface area contributed by atoms with Crippen molar-refractivity contribution < 1.29 is 9.31 Å². The SMILES string of the molecule is CCCCCCOC[N+]1=C(C)N(CC)CC1. The number of nitrogens with zero attached hydrogens (tertiary/aromatic N) is 2. The Kier molecular flexibility index (Phi) is 6.46. The lowest BCUT2D eigenvalue weighted by molar-refractivity contribution is -0.560.